The molecule has 3 nitrogen and oxygen atoms in total. The normalized spacial score (nSPS) is 12.2. The van der Waals surface area contributed by atoms with Gasteiger partial charge >= 0.3 is 5.97 Å². The Labute approximate surface area is 120 Å². The predicted octanol–water partition coefficient (Wildman–Crippen LogP) is 2.69. The summed E-state index contributed by atoms with van der Waals surface area (Å²) in [7, 11) is 3.21. The second-order valence-corrected chi connectivity index (χ2v) is 5.81. The van der Waals surface area contributed by atoms with E-state index in [4.69, 9.17) is 4.74 Å². The Hall–Kier alpha value is -1.00. The molecule has 0 aliphatic heterocycles. The lowest BCUT2D eigenvalue weighted by molar-refractivity contribution is -0.143. The SMILES string of the molecule is CNC(CCSCc1cc(C)cc(C)c1)C(=O)OC. The molecule has 1 N–H and O–H groups in total. The zero-order valence-electron chi connectivity index (χ0n) is 12.2. The molecule has 0 spiro atoms. The lowest BCUT2D eigenvalue weighted by Gasteiger charge is -2.13. The fourth-order valence-corrected chi connectivity index (χ4v) is 3.01. The summed E-state index contributed by atoms with van der Waals surface area (Å²) < 4.78 is 4.74. The molecular formula is C15H23NO2S. The summed E-state index contributed by atoms with van der Waals surface area (Å²) in [4.78, 5) is 11.4. The summed E-state index contributed by atoms with van der Waals surface area (Å²) >= 11 is 1.85. The van der Waals surface area contributed by atoms with Gasteiger partial charge in [-0.1, -0.05) is 29.3 Å². The smallest absolute Gasteiger partial charge is 0.322 e. The van der Waals surface area contributed by atoms with E-state index in [0.29, 0.717) is 0 Å². The van der Waals surface area contributed by atoms with Gasteiger partial charge in [-0.15, -0.1) is 0 Å². The maximum Gasteiger partial charge on any atom is 0.322 e. The Bertz CT molecular complexity index is 400. The van der Waals surface area contributed by atoms with Gasteiger partial charge in [0.1, 0.15) is 6.04 Å². The predicted molar refractivity (Wildman–Crippen MR) is 81.6 cm³/mol. The Morgan fingerprint density at radius 1 is 1.32 bits per heavy atom. The van der Waals surface area contributed by atoms with Crippen LogP contribution in [0.2, 0.25) is 0 Å². The topological polar surface area (TPSA) is 38.3 Å². The number of carbonyl (C=O) groups is 1. The van der Waals surface area contributed by atoms with E-state index in [1.807, 2.05) is 11.8 Å². The third kappa shape index (κ3) is 5.66. The minimum Gasteiger partial charge on any atom is -0.468 e. The summed E-state index contributed by atoms with van der Waals surface area (Å²) in [5.74, 6) is 1.74. The van der Waals surface area contributed by atoms with Crippen LogP contribution >= 0.6 is 11.8 Å². The third-order valence-corrected chi connectivity index (χ3v) is 4.00. The minimum atomic E-state index is -0.197. The number of aryl methyl sites for hydroxylation is 2. The van der Waals surface area contributed by atoms with Crippen LogP contribution in [-0.2, 0) is 15.3 Å². The van der Waals surface area contributed by atoms with Gasteiger partial charge in [-0.2, -0.15) is 11.8 Å². The lowest BCUT2D eigenvalue weighted by Crippen LogP contribution is -2.35. The summed E-state index contributed by atoms with van der Waals surface area (Å²) in [6.45, 7) is 4.24. The van der Waals surface area contributed by atoms with Crippen molar-refractivity contribution in [3.63, 3.8) is 0 Å². The van der Waals surface area contributed by atoms with Crippen molar-refractivity contribution in [3.05, 3.63) is 34.9 Å². The van der Waals surface area contributed by atoms with E-state index in [1.54, 1.807) is 7.05 Å². The molecule has 0 aromatic heterocycles. The van der Waals surface area contributed by atoms with Gasteiger partial charge in [0, 0.05) is 5.75 Å². The van der Waals surface area contributed by atoms with E-state index >= 15 is 0 Å². The number of nitrogens with one attached hydrogen (secondary N) is 1. The third-order valence-electron chi connectivity index (χ3n) is 2.94. The Morgan fingerprint density at radius 2 is 1.95 bits per heavy atom. The van der Waals surface area contributed by atoms with Gasteiger partial charge in [0.05, 0.1) is 7.11 Å². The average Bonchev–Trinajstić information content (AvgIpc) is 2.37. The number of ether oxygens (including phenoxy) is 1. The number of methoxy groups -OCH3 is 1. The van der Waals surface area contributed by atoms with Crippen molar-refractivity contribution >= 4 is 17.7 Å². The number of thioether (sulfide) groups is 1. The Morgan fingerprint density at radius 3 is 2.47 bits per heavy atom. The fourth-order valence-electron chi connectivity index (χ4n) is 2.07. The van der Waals surface area contributed by atoms with Gasteiger partial charge in [-0.25, -0.2) is 0 Å². The van der Waals surface area contributed by atoms with Crippen LogP contribution in [0.3, 0.4) is 0 Å². The van der Waals surface area contributed by atoms with Crippen LogP contribution in [0.5, 0.6) is 0 Å². The van der Waals surface area contributed by atoms with E-state index in [1.165, 1.54) is 23.8 Å². The molecule has 1 aromatic rings. The number of hydrogen-bond acceptors (Lipinski definition) is 4. The minimum absolute atomic E-state index is 0.186. The van der Waals surface area contributed by atoms with E-state index in [0.717, 1.165) is 17.9 Å². The number of esters is 1. The number of rotatable bonds is 7. The van der Waals surface area contributed by atoms with Gasteiger partial charge in [0.2, 0.25) is 0 Å². The highest BCUT2D eigenvalue weighted by atomic mass is 32.2. The van der Waals surface area contributed by atoms with Crippen molar-refractivity contribution in [3.8, 4) is 0 Å². The Balaban J connectivity index is 2.36. The van der Waals surface area contributed by atoms with Crippen molar-refractivity contribution in [1.82, 2.24) is 5.32 Å². The summed E-state index contributed by atoms with van der Waals surface area (Å²) in [5, 5.41) is 2.98. The second kappa shape index (κ2) is 8.23. The van der Waals surface area contributed by atoms with Crippen LogP contribution in [0.15, 0.2) is 18.2 Å². The first-order chi connectivity index (χ1) is 9.06. The molecule has 19 heavy (non-hydrogen) atoms. The second-order valence-electron chi connectivity index (χ2n) is 4.70. The molecule has 0 fully saturated rings. The molecule has 0 amide bonds. The number of carbonyl (C=O) groups excluding carboxylic acids is 1. The molecule has 0 aliphatic carbocycles. The van der Waals surface area contributed by atoms with Gasteiger partial charge in [-0.3, -0.25) is 4.79 Å². The van der Waals surface area contributed by atoms with E-state index in [9.17, 15) is 4.79 Å². The van der Waals surface area contributed by atoms with Crippen molar-refractivity contribution in [2.75, 3.05) is 19.9 Å². The van der Waals surface area contributed by atoms with Gasteiger partial charge < -0.3 is 10.1 Å². The van der Waals surface area contributed by atoms with Crippen molar-refractivity contribution in [1.29, 1.82) is 0 Å². The largest absolute Gasteiger partial charge is 0.468 e. The van der Waals surface area contributed by atoms with Crippen LogP contribution in [0.1, 0.15) is 23.1 Å². The quantitative estimate of drug-likeness (QED) is 0.616. The molecular weight excluding hydrogens is 258 g/mol. The molecule has 0 aliphatic rings. The lowest BCUT2D eigenvalue weighted by atomic mass is 10.1. The van der Waals surface area contributed by atoms with Crippen LogP contribution in [0.25, 0.3) is 0 Å². The van der Waals surface area contributed by atoms with Crippen LogP contribution in [0, 0.1) is 13.8 Å². The van der Waals surface area contributed by atoms with E-state index < -0.39 is 0 Å². The molecule has 1 atom stereocenters. The molecule has 0 heterocycles. The molecule has 0 saturated carbocycles. The fraction of sp³-hybridized carbons (Fsp3) is 0.533. The highest BCUT2D eigenvalue weighted by Gasteiger charge is 2.15. The first-order valence-electron chi connectivity index (χ1n) is 6.47. The van der Waals surface area contributed by atoms with Crippen molar-refractivity contribution in [2.45, 2.75) is 32.1 Å². The molecule has 106 valence electrons. The van der Waals surface area contributed by atoms with Gasteiger partial charge in [0.25, 0.3) is 0 Å². The molecule has 0 radical (unpaired) electrons. The van der Waals surface area contributed by atoms with Crippen LogP contribution in [0.4, 0.5) is 0 Å². The van der Waals surface area contributed by atoms with E-state index in [-0.39, 0.29) is 12.0 Å². The van der Waals surface area contributed by atoms with E-state index in [2.05, 4.69) is 37.4 Å². The van der Waals surface area contributed by atoms with Gasteiger partial charge in [-0.05, 0) is 38.6 Å². The summed E-state index contributed by atoms with van der Waals surface area (Å²) in [6, 6.07) is 6.42. The number of likely N-dealkylation sites (N-methyl/N-ethyl adjacent to an activating group) is 1. The highest BCUT2D eigenvalue weighted by Crippen LogP contribution is 2.17. The average molecular weight is 281 g/mol. The zero-order valence-corrected chi connectivity index (χ0v) is 13.0. The molecule has 4 heteroatoms. The molecule has 0 bridgehead atoms. The first-order valence-corrected chi connectivity index (χ1v) is 7.62. The van der Waals surface area contributed by atoms with Gasteiger partial charge in [0.15, 0.2) is 0 Å². The molecule has 0 saturated heterocycles. The number of hydrogen-bond donors (Lipinski definition) is 1. The molecule has 1 unspecified atom stereocenters. The summed E-state index contributed by atoms with van der Waals surface area (Å²) in [5.41, 5.74) is 3.96. The summed E-state index contributed by atoms with van der Waals surface area (Å²) in [6.07, 6.45) is 0.790. The Kier molecular flexibility index (Phi) is 6.95. The van der Waals surface area contributed by atoms with Crippen molar-refractivity contribution in [2.24, 2.45) is 0 Å². The first kappa shape index (κ1) is 16.1. The maximum atomic E-state index is 11.4. The molecule has 1 aromatic carbocycles. The zero-order chi connectivity index (χ0) is 14.3. The van der Waals surface area contributed by atoms with Crippen LogP contribution in [-0.4, -0.2) is 31.9 Å². The number of benzene rings is 1. The molecule has 1 rings (SSSR count). The highest BCUT2D eigenvalue weighted by molar-refractivity contribution is 7.98. The monoisotopic (exact) mass is 281 g/mol. The maximum absolute atomic E-state index is 11.4. The van der Waals surface area contributed by atoms with Crippen molar-refractivity contribution < 1.29 is 9.53 Å². The standard InChI is InChI=1S/C15H23NO2S/c1-11-7-12(2)9-13(8-11)10-19-6-5-14(16-3)15(17)18-4/h7-9,14,16H,5-6,10H2,1-4H3. The van der Waals surface area contributed by atoms with Crippen LogP contribution < -0.4 is 5.32 Å².